The number of aryl methyl sites for hydroxylation is 1. The molecule has 76 valence electrons. The highest BCUT2D eigenvalue weighted by Crippen LogP contribution is 2.22. The van der Waals surface area contributed by atoms with Gasteiger partial charge in [0.2, 0.25) is 0 Å². The van der Waals surface area contributed by atoms with Crippen molar-refractivity contribution in [3.63, 3.8) is 0 Å². The number of rotatable bonds is 5. The Morgan fingerprint density at radius 1 is 1.64 bits per heavy atom. The molecule has 0 bridgehead atoms. The molecule has 14 heavy (non-hydrogen) atoms. The van der Waals surface area contributed by atoms with Crippen LogP contribution in [0.25, 0.3) is 0 Å². The second-order valence-corrected chi connectivity index (χ2v) is 3.93. The molecule has 0 amide bonds. The summed E-state index contributed by atoms with van der Waals surface area (Å²) >= 11 is 1.40. The number of hydrogen-bond donors (Lipinski definition) is 1. The largest absolute Gasteiger partial charge is 0.323 e. The Hall–Kier alpha value is -0.920. The summed E-state index contributed by atoms with van der Waals surface area (Å²) < 4.78 is 3.91. The van der Waals surface area contributed by atoms with E-state index in [0.717, 1.165) is 36.3 Å². The van der Waals surface area contributed by atoms with Gasteiger partial charge in [0.15, 0.2) is 0 Å². The lowest BCUT2D eigenvalue weighted by Crippen LogP contribution is -2.10. The fourth-order valence-electron chi connectivity index (χ4n) is 1.30. The predicted octanol–water partition coefficient (Wildman–Crippen LogP) is 1.90. The minimum absolute atomic E-state index is 0.0540. The predicted molar refractivity (Wildman–Crippen MR) is 58.9 cm³/mol. The summed E-state index contributed by atoms with van der Waals surface area (Å²) in [6.07, 6.45) is 8.76. The molecule has 0 saturated carbocycles. The fourth-order valence-corrected chi connectivity index (χ4v) is 2.07. The Morgan fingerprint density at radius 2 is 2.43 bits per heavy atom. The van der Waals surface area contributed by atoms with Crippen LogP contribution in [-0.2, 0) is 6.42 Å². The topological polar surface area (TPSA) is 51.8 Å². The van der Waals surface area contributed by atoms with E-state index in [1.807, 2.05) is 0 Å². The smallest absolute Gasteiger partial charge is 0.0800 e. The summed E-state index contributed by atoms with van der Waals surface area (Å²) in [5.41, 5.74) is 7.05. The van der Waals surface area contributed by atoms with Crippen LogP contribution >= 0.6 is 11.5 Å². The van der Waals surface area contributed by atoms with Crippen LogP contribution in [0.15, 0.2) is 0 Å². The summed E-state index contributed by atoms with van der Waals surface area (Å²) in [7, 11) is 0. The first-order valence-corrected chi connectivity index (χ1v) is 5.57. The van der Waals surface area contributed by atoms with Gasteiger partial charge in [0.25, 0.3) is 0 Å². The molecule has 0 radical (unpaired) electrons. The average Bonchev–Trinajstić information content (AvgIpc) is 2.65. The van der Waals surface area contributed by atoms with Gasteiger partial charge in [0.1, 0.15) is 0 Å². The summed E-state index contributed by atoms with van der Waals surface area (Å²) in [5, 5.41) is 4.03. The van der Waals surface area contributed by atoms with Gasteiger partial charge in [-0.3, -0.25) is 0 Å². The van der Waals surface area contributed by atoms with Crippen LogP contribution in [0.4, 0.5) is 0 Å². The molecule has 1 aromatic heterocycles. The van der Waals surface area contributed by atoms with Crippen molar-refractivity contribution in [3.8, 4) is 12.3 Å². The molecule has 3 nitrogen and oxygen atoms in total. The summed E-state index contributed by atoms with van der Waals surface area (Å²) in [4.78, 5) is 1.12. The molecule has 1 heterocycles. The normalized spacial score (nSPS) is 12.4. The van der Waals surface area contributed by atoms with Crippen LogP contribution in [0.1, 0.15) is 42.8 Å². The van der Waals surface area contributed by atoms with Gasteiger partial charge in [0.05, 0.1) is 10.6 Å². The number of unbranched alkanes of at least 4 members (excludes halogenated alkanes) is 1. The van der Waals surface area contributed by atoms with Crippen LogP contribution in [0.5, 0.6) is 0 Å². The van der Waals surface area contributed by atoms with Crippen LogP contribution in [0.2, 0.25) is 0 Å². The fraction of sp³-hybridized carbons (Fsp3) is 0.600. The molecule has 0 spiro atoms. The van der Waals surface area contributed by atoms with Crippen molar-refractivity contribution in [2.75, 3.05) is 0 Å². The van der Waals surface area contributed by atoms with Crippen molar-refractivity contribution >= 4 is 11.5 Å². The van der Waals surface area contributed by atoms with Crippen molar-refractivity contribution in [2.45, 2.75) is 38.6 Å². The van der Waals surface area contributed by atoms with Crippen molar-refractivity contribution in [2.24, 2.45) is 5.73 Å². The molecule has 0 aromatic carbocycles. The summed E-state index contributed by atoms with van der Waals surface area (Å²) in [5.74, 6) is 2.61. The number of hydrogen-bond acceptors (Lipinski definition) is 4. The van der Waals surface area contributed by atoms with Gasteiger partial charge in [-0.1, -0.05) is 11.4 Å². The van der Waals surface area contributed by atoms with Crippen LogP contribution in [0.3, 0.4) is 0 Å². The molecule has 1 atom stereocenters. The third kappa shape index (κ3) is 2.79. The van der Waals surface area contributed by atoms with Crippen molar-refractivity contribution < 1.29 is 0 Å². The third-order valence-electron chi connectivity index (χ3n) is 2.09. The van der Waals surface area contributed by atoms with E-state index in [-0.39, 0.29) is 6.04 Å². The standard InChI is InChI=1S/C10H15N3S/c1-3-5-6-7-8(11)10-9(4-2)12-13-14-10/h1,8H,4-7,11H2,2H3. The first-order chi connectivity index (χ1) is 6.79. The number of nitrogens with two attached hydrogens (primary N) is 1. The summed E-state index contributed by atoms with van der Waals surface area (Å²) in [6, 6.07) is 0.0540. The molecular weight excluding hydrogens is 194 g/mol. The molecule has 1 rings (SSSR count). The molecule has 0 aliphatic rings. The minimum atomic E-state index is 0.0540. The maximum atomic E-state index is 6.02. The summed E-state index contributed by atoms with van der Waals surface area (Å²) in [6.45, 7) is 2.06. The third-order valence-corrected chi connectivity index (χ3v) is 2.99. The number of aromatic nitrogens is 2. The monoisotopic (exact) mass is 209 g/mol. The Balaban J connectivity index is 2.52. The molecule has 0 aliphatic carbocycles. The number of nitrogens with zero attached hydrogens (tertiary/aromatic N) is 2. The first kappa shape index (κ1) is 11.2. The van der Waals surface area contributed by atoms with Crippen LogP contribution in [0, 0.1) is 12.3 Å². The van der Waals surface area contributed by atoms with E-state index in [0.29, 0.717) is 0 Å². The Bertz CT molecular complexity index is 313. The maximum absolute atomic E-state index is 6.02. The zero-order valence-corrected chi connectivity index (χ0v) is 9.18. The zero-order valence-electron chi connectivity index (χ0n) is 8.36. The van der Waals surface area contributed by atoms with E-state index in [2.05, 4.69) is 22.4 Å². The molecule has 0 fully saturated rings. The van der Waals surface area contributed by atoms with Crippen LogP contribution in [-0.4, -0.2) is 9.59 Å². The SMILES string of the molecule is C#CCCCC(N)c1snnc1CC. The van der Waals surface area contributed by atoms with Gasteiger partial charge >= 0.3 is 0 Å². The van der Waals surface area contributed by atoms with Crippen LogP contribution < -0.4 is 5.73 Å². The highest BCUT2D eigenvalue weighted by molar-refractivity contribution is 7.05. The lowest BCUT2D eigenvalue weighted by atomic mass is 10.1. The number of terminal acetylenes is 1. The van der Waals surface area contributed by atoms with Gasteiger partial charge in [-0.15, -0.1) is 17.4 Å². The molecule has 1 aromatic rings. The Labute approximate surface area is 88.9 Å². The molecule has 2 N–H and O–H groups in total. The van der Waals surface area contributed by atoms with Gasteiger partial charge in [-0.2, -0.15) is 0 Å². The van der Waals surface area contributed by atoms with Gasteiger partial charge in [-0.25, -0.2) is 0 Å². The van der Waals surface area contributed by atoms with E-state index in [1.54, 1.807) is 0 Å². The molecular formula is C10H15N3S. The van der Waals surface area contributed by atoms with E-state index in [1.165, 1.54) is 11.5 Å². The van der Waals surface area contributed by atoms with Crippen molar-refractivity contribution in [1.82, 2.24) is 9.59 Å². The highest BCUT2D eigenvalue weighted by atomic mass is 32.1. The van der Waals surface area contributed by atoms with E-state index in [4.69, 9.17) is 12.2 Å². The van der Waals surface area contributed by atoms with E-state index >= 15 is 0 Å². The lowest BCUT2D eigenvalue weighted by Gasteiger charge is -2.08. The van der Waals surface area contributed by atoms with Gasteiger partial charge < -0.3 is 5.73 Å². The molecule has 1 unspecified atom stereocenters. The second kappa shape index (κ2) is 5.74. The minimum Gasteiger partial charge on any atom is -0.323 e. The Morgan fingerprint density at radius 3 is 3.07 bits per heavy atom. The van der Waals surface area contributed by atoms with Crippen molar-refractivity contribution in [1.29, 1.82) is 0 Å². The van der Waals surface area contributed by atoms with E-state index in [9.17, 15) is 0 Å². The van der Waals surface area contributed by atoms with Crippen molar-refractivity contribution in [3.05, 3.63) is 10.6 Å². The zero-order chi connectivity index (χ0) is 10.4. The van der Waals surface area contributed by atoms with E-state index < -0.39 is 0 Å². The Kier molecular flexibility index (Phi) is 4.57. The average molecular weight is 209 g/mol. The lowest BCUT2D eigenvalue weighted by molar-refractivity contribution is 0.623. The second-order valence-electron chi connectivity index (χ2n) is 3.14. The quantitative estimate of drug-likeness (QED) is 0.595. The molecule has 4 heteroatoms. The molecule has 0 saturated heterocycles. The molecule has 0 aliphatic heterocycles. The van der Waals surface area contributed by atoms with Gasteiger partial charge in [-0.05, 0) is 30.8 Å². The maximum Gasteiger partial charge on any atom is 0.0800 e. The van der Waals surface area contributed by atoms with Gasteiger partial charge in [0, 0.05) is 12.5 Å². The highest BCUT2D eigenvalue weighted by Gasteiger charge is 2.13. The first-order valence-electron chi connectivity index (χ1n) is 4.79.